The van der Waals surface area contributed by atoms with Crippen molar-refractivity contribution < 1.29 is 31.5 Å². The van der Waals surface area contributed by atoms with E-state index in [1.165, 1.54) is 135 Å². The summed E-state index contributed by atoms with van der Waals surface area (Å²) in [5.74, 6) is 1.43. The van der Waals surface area contributed by atoms with Crippen molar-refractivity contribution in [3.63, 3.8) is 0 Å². The lowest BCUT2D eigenvalue weighted by atomic mass is 9.85. The van der Waals surface area contributed by atoms with Crippen LogP contribution in [0.1, 0.15) is 136 Å². The smallest absolute Gasteiger partial charge is 0.126 e. The largest absolute Gasteiger partial charge is 1.00 e. The van der Waals surface area contributed by atoms with Gasteiger partial charge in [-0.25, -0.2) is 0 Å². The quantitative estimate of drug-likeness (QED) is 0.131. The Morgan fingerprint density at radius 1 is 0.649 bits per heavy atom. The standard InChI is InChI=1S/C32H64NO3.ClH/c1-3-5-6-7-8-9-10-11-12-13-14-15-16-17-25-35-27-31(18-4-2)28-36-29-32(34)26-33-22-19-30(20-23-33)21-24-33;/h30-32,34H,3-29H2,1-2H3;1H/q+1;/p-1. The second-order valence-corrected chi connectivity index (χ2v) is 12.4. The van der Waals surface area contributed by atoms with Crippen molar-refractivity contribution in [2.45, 2.75) is 142 Å². The van der Waals surface area contributed by atoms with Crippen LogP contribution in [0.4, 0.5) is 0 Å². The Morgan fingerprint density at radius 2 is 1.14 bits per heavy atom. The number of piperidine rings is 3. The van der Waals surface area contributed by atoms with Gasteiger partial charge in [0.15, 0.2) is 0 Å². The minimum absolute atomic E-state index is 0. The lowest BCUT2D eigenvalue weighted by molar-refractivity contribution is -0.945. The maximum Gasteiger partial charge on any atom is 0.126 e. The summed E-state index contributed by atoms with van der Waals surface area (Å²) in [5, 5.41) is 10.6. The summed E-state index contributed by atoms with van der Waals surface area (Å²) < 4.78 is 13.2. The molecular weight excluding hydrogens is 482 g/mol. The van der Waals surface area contributed by atoms with Crippen LogP contribution in [0.3, 0.4) is 0 Å². The lowest BCUT2D eigenvalue weighted by Gasteiger charge is -2.49. The molecule has 0 aromatic carbocycles. The predicted molar refractivity (Wildman–Crippen MR) is 153 cm³/mol. The Balaban J connectivity index is 0.00000684. The highest BCUT2D eigenvalue weighted by Gasteiger charge is 2.40. The minimum atomic E-state index is -0.321. The van der Waals surface area contributed by atoms with Gasteiger partial charge in [-0.3, -0.25) is 0 Å². The van der Waals surface area contributed by atoms with E-state index in [4.69, 9.17) is 9.47 Å². The van der Waals surface area contributed by atoms with Crippen molar-refractivity contribution in [3.8, 4) is 0 Å². The predicted octanol–water partition coefficient (Wildman–Crippen LogP) is 4.91. The highest BCUT2D eigenvalue weighted by atomic mass is 35.5. The maximum atomic E-state index is 10.6. The fraction of sp³-hybridized carbons (Fsp3) is 1.00. The third-order valence-corrected chi connectivity index (χ3v) is 8.99. The second-order valence-electron chi connectivity index (χ2n) is 12.4. The minimum Gasteiger partial charge on any atom is -1.00 e. The molecule has 5 heteroatoms. The van der Waals surface area contributed by atoms with Gasteiger partial charge in [0, 0.05) is 12.5 Å². The van der Waals surface area contributed by atoms with Crippen molar-refractivity contribution >= 4 is 0 Å². The zero-order valence-corrected chi connectivity index (χ0v) is 25.7. The third kappa shape index (κ3) is 16.7. The van der Waals surface area contributed by atoms with Crippen LogP contribution in [0.2, 0.25) is 0 Å². The van der Waals surface area contributed by atoms with E-state index < -0.39 is 0 Å². The number of nitrogens with zero attached hydrogens (tertiary/aromatic N) is 1. The number of unbranched alkanes of at least 4 members (excludes halogenated alkanes) is 13. The molecule has 2 unspecified atom stereocenters. The summed E-state index contributed by atoms with van der Waals surface area (Å²) >= 11 is 0. The summed E-state index contributed by atoms with van der Waals surface area (Å²) in [7, 11) is 0. The van der Waals surface area contributed by atoms with Gasteiger partial charge >= 0.3 is 0 Å². The van der Waals surface area contributed by atoms with Gasteiger partial charge in [-0.2, -0.15) is 0 Å². The SMILES string of the molecule is CCCCCCCCCCCCCCCCOCC(CCC)COCC(O)C[N+]12CCC(CC1)CC2.[Cl-]. The van der Waals surface area contributed by atoms with Crippen LogP contribution >= 0.6 is 0 Å². The number of aliphatic hydroxyl groups is 1. The first-order valence-electron chi connectivity index (χ1n) is 16.4. The fourth-order valence-electron chi connectivity index (χ4n) is 6.55. The summed E-state index contributed by atoms with van der Waals surface area (Å²) in [6.07, 6.45) is 25.6. The molecule has 3 fully saturated rings. The number of hydrogen-bond acceptors (Lipinski definition) is 3. The van der Waals surface area contributed by atoms with Crippen LogP contribution in [0, 0.1) is 11.8 Å². The van der Waals surface area contributed by atoms with Gasteiger partial charge in [0.25, 0.3) is 0 Å². The number of aliphatic hydroxyl groups excluding tert-OH is 1. The fourth-order valence-corrected chi connectivity index (χ4v) is 6.55. The van der Waals surface area contributed by atoms with E-state index in [0.717, 1.165) is 43.2 Å². The number of halogens is 1. The summed E-state index contributed by atoms with van der Waals surface area (Å²) in [5.41, 5.74) is 0. The van der Waals surface area contributed by atoms with Gasteiger partial charge in [0.2, 0.25) is 0 Å². The first-order chi connectivity index (χ1) is 17.7. The molecule has 3 heterocycles. The van der Waals surface area contributed by atoms with Crippen LogP contribution in [-0.2, 0) is 9.47 Å². The Hall–Kier alpha value is 0.130. The monoisotopic (exact) mass is 545 g/mol. The van der Waals surface area contributed by atoms with Crippen molar-refractivity contribution in [1.29, 1.82) is 0 Å². The Bertz CT molecular complexity index is 485. The molecule has 1 N–H and O–H groups in total. The van der Waals surface area contributed by atoms with Crippen LogP contribution in [-0.4, -0.2) is 68.3 Å². The first-order valence-corrected chi connectivity index (χ1v) is 16.4. The van der Waals surface area contributed by atoms with E-state index >= 15 is 0 Å². The van der Waals surface area contributed by atoms with E-state index in [0.29, 0.717) is 12.5 Å². The summed E-state index contributed by atoms with van der Waals surface area (Å²) in [6, 6.07) is 0. The summed E-state index contributed by atoms with van der Waals surface area (Å²) in [4.78, 5) is 0. The Labute approximate surface area is 237 Å². The normalized spacial score (nSPS) is 22.6. The van der Waals surface area contributed by atoms with Gasteiger partial charge in [-0.05, 0) is 38.0 Å². The highest BCUT2D eigenvalue weighted by molar-refractivity contribution is 4.73. The molecule has 37 heavy (non-hydrogen) atoms. The maximum absolute atomic E-state index is 10.6. The zero-order chi connectivity index (χ0) is 25.7. The zero-order valence-electron chi connectivity index (χ0n) is 24.9. The molecule has 0 aliphatic carbocycles. The number of quaternary nitrogens is 1. The Kier molecular flexibility index (Phi) is 21.8. The number of rotatable bonds is 25. The lowest BCUT2D eigenvalue weighted by Crippen LogP contribution is -3.00. The molecule has 4 nitrogen and oxygen atoms in total. The molecule has 0 aromatic heterocycles. The summed E-state index contributed by atoms with van der Waals surface area (Å²) in [6.45, 7) is 12.2. The van der Waals surface area contributed by atoms with Crippen molar-refractivity contribution in [2.24, 2.45) is 11.8 Å². The third-order valence-electron chi connectivity index (χ3n) is 8.99. The van der Waals surface area contributed by atoms with E-state index in [1.807, 2.05) is 0 Å². The van der Waals surface area contributed by atoms with Gasteiger partial charge < -0.3 is 31.5 Å². The van der Waals surface area contributed by atoms with Gasteiger partial charge in [-0.1, -0.05) is 104 Å². The number of hydrogen-bond donors (Lipinski definition) is 1. The van der Waals surface area contributed by atoms with Gasteiger partial charge in [0.1, 0.15) is 12.6 Å². The molecule has 2 bridgehead atoms. The van der Waals surface area contributed by atoms with Crippen LogP contribution in [0.25, 0.3) is 0 Å². The molecule has 222 valence electrons. The molecule has 0 aromatic rings. The number of fused-ring (bicyclic) bond motifs is 3. The van der Waals surface area contributed by atoms with Crippen LogP contribution < -0.4 is 12.4 Å². The highest BCUT2D eigenvalue weighted by Crippen LogP contribution is 2.33. The number of ether oxygens (including phenoxy) is 2. The molecule has 3 aliphatic heterocycles. The molecular formula is C32H64ClNO3. The topological polar surface area (TPSA) is 38.7 Å². The van der Waals surface area contributed by atoms with E-state index in [9.17, 15) is 5.11 Å². The van der Waals surface area contributed by atoms with E-state index in [1.54, 1.807) is 0 Å². The molecule has 0 saturated carbocycles. The Morgan fingerprint density at radius 3 is 1.65 bits per heavy atom. The van der Waals surface area contributed by atoms with E-state index in [-0.39, 0.29) is 18.5 Å². The second kappa shape index (κ2) is 22.9. The molecule has 0 amide bonds. The van der Waals surface area contributed by atoms with Crippen LogP contribution in [0.15, 0.2) is 0 Å². The molecule has 3 rings (SSSR count). The molecule has 3 aliphatic rings. The van der Waals surface area contributed by atoms with E-state index in [2.05, 4.69) is 13.8 Å². The first kappa shape index (κ1) is 35.2. The van der Waals surface area contributed by atoms with Crippen molar-refractivity contribution in [2.75, 3.05) is 52.6 Å². The average molecular weight is 546 g/mol. The van der Waals surface area contributed by atoms with Crippen molar-refractivity contribution in [3.05, 3.63) is 0 Å². The van der Waals surface area contributed by atoms with Gasteiger partial charge in [0.05, 0.1) is 39.5 Å². The van der Waals surface area contributed by atoms with Crippen LogP contribution in [0.5, 0.6) is 0 Å². The molecule has 3 saturated heterocycles. The molecule has 0 radical (unpaired) electrons. The average Bonchev–Trinajstić information content (AvgIpc) is 2.89. The van der Waals surface area contributed by atoms with Gasteiger partial charge in [-0.15, -0.1) is 0 Å². The molecule has 0 spiro atoms. The van der Waals surface area contributed by atoms with Crippen molar-refractivity contribution in [1.82, 2.24) is 0 Å². The molecule has 2 atom stereocenters.